The van der Waals surface area contributed by atoms with E-state index in [2.05, 4.69) is 14.9 Å². The minimum Gasteiger partial charge on any atom is -0.478 e. The standard InChI is InChI=1S/C10H15N3O4S/c1-2-10(3-4-10)6-12-18(16,17)8-7(9(14)15)5-11-13-8/h5,12H,2-4,6H2,1H3,(H,11,13)(H,14,15). The van der Waals surface area contributed by atoms with Gasteiger partial charge >= 0.3 is 5.97 Å². The van der Waals surface area contributed by atoms with E-state index in [1.54, 1.807) is 0 Å². The predicted octanol–water partition coefficient (Wildman–Crippen LogP) is 0.576. The van der Waals surface area contributed by atoms with Crippen LogP contribution in [0.4, 0.5) is 0 Å². The van der Waals surface area contributed by atoms with Crippen LogP contribution in [0.5, 0.6) is 0 Å². The summed E-state index contributed by atoms with van der Waals surface area (Å²) in [6, 6.07) is 0. The van der Waals surface area contributed by atoms with Crippen molar-refractivity contribution in [1.29, 1.82) is 0 Å². The molecule has 1 aliphatic rings. The molecule has 1 aliphatic carbocycles. The lowest BCUT2D eigenvalue weighted by atomic mass is 10.1. The molecule has 2 rings (SSSR count). The summed E-state index contributed by atoms with van der Waals surface area (Å²) in [6.07, 6.45) is 3.90. The third-order valence-corrected chi connectivity index (χ3v) is 4.82. The van der Waals surface area contributed by atoms with Crippen molar-refractivity contribution in [2.24, 2.45) is 5.41 Å². The number of H-pyrrole nitrogens is 1. The molecule has 0 unspecified atom stereocenters. The molecule has 3 N–H and O–H groups in total. The van der Waals surface area contributed by atoms with Gasteiger partial charge in [-0.05, 0) is 24.7 Å². The summed E-state index contributed by atoms with van der Waals surface area (Å²) in [5, 5.41) is 14.2. The number of nitrogens with one attached hydrogen (secondary N) is 2. The molecule has 18 heavy (non-hydrogen) atoms. The Morgan fingerprint density at radius 2 is 2.28 bits per heavy atom. The highest BCUT2D eigenvalue weighted by molar-refractivity contribution is 7.89. The second-order valence-electron chi connectivity index (χ2n) is 4.60. The molecule has 0 aromatic carbocycles. The average molecular weight is 273 g/mol. The molecule has 0 aliphatic heterocycles. The average Bonchev–Trinajstić information content (AvgIpc) is 2.91. The zero-order chi connectivity index (χ0) is 13.4. The van der Waals surface area contributed by atoms with Crippen LogP contribution < -0.4 is 4.72 Å². The van der Waals surface area contributed by atoms with Gasteiger partial charge in [0.05, 0.1) is 6.20 Å². The first-order valence-electron chi connectivity index (χ1n) is 5.66. The Hall–Kier alpha value is -1.41. The molecule has 7 nitrogen and oxygen atoms in total. The maximum Gasteiger partial charge on any atom is 0.340 e. The van der Waals surface area contributed by atoms with E-state index in [0.29, 0.717) is 6.54 Å². The summed E-state index contributed by atoms with van der Waals surface area (Å²) in [5.74, 6) is -1.32. The number of hydrogen-bond donors (Lipinski definition) is 3. The van der Waals surface area contributed by atoms with Crippen molar-refractivity contribution in [3.05, 3.63) is 11.8 Å². The third-order valence-electron chi connectivity index (χ3n) is 3.45. The minimum absolute atomic E-state index is 0.0521. The fraction of sp³-hybridized carbons (Fsp3) is 0.600. The quantitative estimate of drug-likeness (QED) is 0.701. The van der Waals surface area contributed by atoms with Gasteiger partial charge in [0.15, 0.2) is 5.03 Å². The highest BCUT2D eigenvalue weighted by Gasteiger charge is 2.41. The van der Waals surface area contributed by atoms with Gasteiger partial charge in [0.2, 0.25) is 0 Å². The van der Waals surface area contributed by atoms with Crippen LogP contribution in [0.25, 0.3) is 0 Å². The van der Waals surface area contributed by atoms with E-state index in [9.17, 15) is 13.2 Å². The molecule has 0 atom stereocenters. The molecule has 1 saturated carbocycles. The van der Waals surface area contributed by atoms with Gasteiger partial charge in [0, 0.05) is 6.54 Å². The maximum atomic E-state index is 12.0. The lowest BCUT2D eigenvalue weighted by molar-refractivity contribution is 0.0692. The fourth-order valence-electron chi connectivity index (χ4n) is 1.78. The summed E-state index contributed by atoms with van der Waals surface area (Å²) < 4.78 is 26.4. The van der Waals surface area contributed by atoms with Crippen LogP contribution in [0.15, 0.2) is 11.2 Å². The van der Waals surface area contributed by atoms with Crippen molar-refractivity contribution in [2.45, 2.75) is 31.2 Å². The van der Waals surface area contributed by atoms with E-state index in [1.165, 1.54) is 0 Å². The molecule has 1 heterocycles. The van der Waals surface area contributed by atoms with E-state index < -0.39 is 16.0 Å². The molecular weight excluding hydrogens is 258 g/mol. The number of aromatic nitrogens is 2. The number of carboxylic acids is 1. The number of sulfonamides is 1. The van der Waals surface area contributed by atoms with Crippen molar-refractivity contribution < 1.29 is 18.3 Å². The fourth-order valence-corrected chi connectivity index (χ4v) is 3.03. The number of nitrogens with zero attached hydrogens (tertiary/aromatic N) is 1. The molecule has 1 aromatic heterocycles. The van der Waals surface area contributed by atoms with Crippen LogP contribution >= 0.6 is 0 Å². The number of carboxylic acid groups (broad SMARTS) is 1. The van der Waals surface area contributed by atoms with Gasteiger partial charge in [0.1, 0.15) is 5.56 Å². The van der Waals surface area contributed by atoms with Gasteiger partial charge in [-0.15, -0.1) is 0 Å². The van der Waals surface area contributed by atoms with Gasteiger partial charge in [-0.25, -0.2) is 17.9 Å². The second kappa shape index (κ2) is 4.36. The van der Waals surface area contributed by atoms with Crippen LogP contribution in [0.1, 0.15) is 36.5 Å². The Bertz CT molecular complexity index is 559. The molecular formula is C10H15N3O4S. The molecule has 8 heteroatoms. The SMILES string of the molecule is CCC1(CNS(=O)(=O)c2[nH]ncc2C(=O)O)CC1. The largest absolute Gasteiger partial charge is 0.478 e. The maximum absolute atomic E-state index is 12.0. The highest BCUT2D eigenvalue weighted by atomic mass is 32.2. The Balaban J connectivity index is 2.15. The van der Waals surface area contributed by atoms with Gasteiger partial charge in [-0.2, -0.15) is 5.10 Å². The van der Waals surface area contributed by atoms with E-state index >= 15 is 0 Å². The van der Waals surface area contributed by atoms with Crippen molar-refractivity contribution >= 4 is 16.0 Å². The summed E-state index contributed by atoms with van der Waals surface area (Å²) >= 11 is 0. The zero-order valence-corrected chi connectivity index (χ0v) is 10.7. The van der Waals surface area contributed by atoms with Gasteiger partial charge in [0.25, 0.3) is 10.0 Å². The lowest BCUT2D eigenvalue weighted by Gasteiger charge is -2.13. The molecule has 0 spiro atoms. The van der Waals surface area contributed by atoms with Crippen LogP contribution in [0, 0.1) is 5.41 Å². The van der Waals surface area contributed by atoms with Crippen LogP contribution in [-0.2, 0) is 10.0 Å². The van der Waals surface area contributed by atoms with Crippen LogP contribution in [0.2, 0.25) is 0 Å². The first-order chi connectivity index (χ1) is 8.40. The van der Waals surface area contributed by atoms with Gasteiger partial charge in [-0.1, -0.05) is 6.92 Å². The molecule has 1 fully saturated rings. The third kappa shape index (κ3) is 2.39. The summed E-state index contributed by atoms with van der Waals surface area (Å²) in [4.78, 5) is 10.8. The van der Waals surface area contributed by atoms with Gasteiger partial charge in [-0.3, -0.25) is 5.10 Å². The molecule has 0 amide bonds. The number of carbonyl (C=O) groups is 1. The predicted molar refractivity (Wildman–Crippen MR) is 62.7 cm³/mol. The first kappa shape index (κ1) is 13.0. The van der Waals surface area contributed by atoms with Crippen molar-refractivity contribution in [3.8, 4) is 0 Å². The Labute approximate surface area is 105 Å². The van der Waals surface area contributed by atoms with E-state index in [4.69, 9.17) is 5.11 Å². The molecule has 0 saturated heterocycles. The summed E-state index contributed by atoms with van der Waals surface area (Å²) in [5.41, 5.74) is -0.292. The number of hydrogen-bond acceptors (Lipinski definition) is 4. The molecule has 100 valence electrons. The minimum atomic E-state index is -3.84. The molecule has 0 radical (unpaired) electrons. The topological polar surface area (TPSA) is 112 Å². The van der Waals surface area contributed by atoms with Crippen molar-refractivity contribution in [1.82, 2.24) is 14.9 Å². The zero-order valence-electron chi connectivity index (χ0n) is 9.93. The Morgan fingerprint density at radius 1 is 1.61 bits per heavy atom. The smallest absolute Gasteiger partial charge is 0.340 e. The van der Waals surface area contributed by atoms with Crippen molar-refractivity contribution in [3.63, 3.8) is 0 Å². The number of aromatic amines is 1. The van der Waals surface area contributed by atoms with Crippen LogP contribution in [0.3, 0.4) is 0 Å². The summed E-state index contributed by atoms with van der Waals surface area (Å²) in [7, 11) is -3.84. The monoisotopic (exact) mass is 273 g/mol. The Kier molecular flexibility index (Phi) is 3.16. The summed E-state index contributed by atoms with van der Waals surface area (Å²) in [6.45, 7) is 2.35. The van der Waals surface area contributed by atoms with E-state index in [0.717, 1.165) is 25.5 Å². The van der Waals surface area contributed by atoms with E-state index in [1.807, 2.05) is 6.92 Å². The Morgan fingerprint density at radius 3 is 2.78 bits per heavy atom. The van der Waals surface area contributed by atoms with Crippen LogP contribution in [-0.4, -0.2) is 36.2 Å². The second-order valence-corrected chi connectivity index (χ2v) is 6.30. The van der Waals surface area contributed by atoms with Gasteiger partial charge < -0.3 is 5.11 Å². The normalized spacial score (nSPS) is 17.6. The number of rotatable bonds is 6. The van der Waals surface area contributed by atoms with E-state index in [-0.39, 0.29) is 16.0 Å². The molecule has 0 bridgehead atoms. The first-order valence-corrected chi connectivity index (χ1v) is 7.15. The highest BCUT2D eigenvalue weighted by Crippen LogP contribution is 2.48. The number of aromatic carboxylic acids is 1. The van der Waals surface area contributed by atoms with Crippen molar-refractivity contribution in [2.75, 3.05) is 6.54 Å². The molecule has 1 aromatic rings. The lowest BCUT2D eigenvalue weighted by Crippen LogP contribution is -2.31.